The molecule has 2 aromatic heterocycles. The maximum Gasteiger partial charge on any atom is 0.149 e. The van der Waals surface area contributed by atoms with Crippen molar-refractivity contribution < 1.29 is 4.74 Å². The molecule has 3 heterocycles. The number of nitrogens with zero attached hydrogens (tertiary/aromatic N) is 2. The summed E-state index contributed by atoms with van der Waals surface area (Å²) in [6.45, 7) is 1.92. The molecule has 17 heavy (non-hydrogen) atoms. The van der Waals surface area contributed by atoms with Gasteiger partial charge in [0.05, 0.1) is 5.52 Å². The smallest absolute Gasteiger partial charge is 0.149 e. The predicted octanol–water partition coefficient (Wildman–Crippen LogP) is 2.13. The number of hydrogen-bond donors (Lipinski definition) is 1. The molecular formula is C12H12BrN3O. The van der Waals surface area contributed by atoms with Crippen molar-refractivity contribution in [1.29, 1.82) is 0 Å². The molecule has 1 aliphatic heterocycles. The Morgan fingerprint density at radius 3 is 3.18 bits per heavy atom. The minimum absolute atomic E-state index is 0.242. The summed E-state index contributed by atoms with van der Waals surface area (Å²) in [6.07, 6.45) is 4.81. The first-order valence-corrected chi connectivity index (χ1v) is 6.40. The summed E-state index contributed by atoms with van der Waals surface area (Å²) in [5, 5.41) is 3.28. The van der Waals surface area contributed by atoms with Gasteiger partial charge in [0.1, 0.15) is 17.4 Å². The second-order valence-electron chi connectivity index (χ2n) is 4.06. The summed E-state index contributed by atoms with van der Waals surface area (Å²) in [5.74, 6) is 0.816. The third-order valence-electron chi connectivity index (χ3n) is 2.82. The van der Waals surface area contributed by atoms with Gasteiger partial charge >= 0.3 is 0 Å². The van der Waals surface area contributed by atoms with Gasteiger partial charge in [0, 0.05) is 29.5 Å². The van der Waals surface area contributed by atoms with Crippen molar-refractivity contribution in [3.05, 3.63) is 29.0 Å². The lowest BCUT2D eigenvalue weighted by atomic mass is 10.3. The number of aromatic nitrogens is 2. The van der Waals surface area contributed by atoms with Crippen molar-refractivity contribution in [2.45, 2.75) is 12.5 Å². The molecule has 4 nitrogen and oxygen atoms in total. The fourth-order valence-electron chi connectivity index (χ4n) is 1.98. The van der Waals surface area contributed by atoms with Crippen molar-refractivity contribution >= 4 is 27.0 Å². The Morgan fingerprint density at radius 2 is 2.35 bits per heavy atom. The van der Waals surface area contributed by atoms with Crippen LogP contribution >= 0.6 is 15.9 Å². The Balaban J connectivity index is 1.97. The van der Waals surface area contributed by atoms with Crippen LogP contribution in [-0.2, 0) is 0 Å². The Kier molecular flexibility index (Phi) is 2.94. The number of rotatable bonds is 2. The van der Waals surface area contributed by atoms with Crippen LogP contribution in [0, 0.1) is 0 Å². The van der Waals surface area contributed by atoms with Crippen molar-refractivity contribution in [2.24, 2.45) is 0 Å². The van der Waals surface area contributed by atoms with Gasteiger partial charge in [0.15, 0.2) is 0 Å². The van der Waals surface area contributed by atoms with Crippen molar-refractivity contribution in [1.82, 2.24) is 15.3 Å². The Labute approximate surface area is 108 Å². The summed E-state index contributed by atoms with van der Waals surface area (Å²) in [6, 6.07) is 3.82. The minimum Gasteiger partial charge on any atom is -0.487 e. The zero-order valence-corrected chi connectivity index (χ0v) is 10.8. The summed E-state index contributed by atoms with van der Waals surface area (Å²) >= 11 is 3.39. The molecular weight excluding hydrogens is 282 g/mol. The number of ether oxygens (including phenoxy) is 1. The van der Waals surface area contributed by atoms with Gasteiger partial charge in [-0.3, -0.25) is 4.98 Å². The van der Waals surface area contributed by atoms with Crippen LogP contribution in [0.25, 0.3) is 11.0 Å². The molecule has 5 heteroatoms. The molecule has 2 aromatic rings. The highest BCUT2D eigenvalue weighted by Gasteiger charge is 2.17. The topological polar surface area (TPSA) is 47.0 Å². The maximum atomic E-state index is 5.95. The van der Waals surface area contributed by atoms with E-state index >= 15 is 0 Å². The average molecular weight is 294 g/mol. The second kappa shape index (κ2) is 4.58. The highest BCUT2D eigenvalue weighted by atomic mass is 79.9. The molecule has 1 saturated heterocycles. The van der Waals surface area contributed by atoms with E-state index in [1.807, 2.05) is 12.1 Å². The molecule has 0 saturated carbocycles. The van der Waals surface area contributed by atoms with Gasteiger partial charge in [0.25, 0.3) is 0 Å². The average Bonchev–Trinajstić information content (AvgIpc) is 2.82. The standard InChI is InChI=1S/C12H12BrN3O/c13-8-5-10-12(16-6-8)11(2-4-15-10)17-9-1-3-14-7-9/h2,4-6,9,14H,1,3,7H2. The zero-order chi connectivity index (χ0) is 11.7. The van der Waals surface area contributed by atoms with E-state index in [9.17, 15) is 0 Å². The number of nitrogens with one attached hydrogen (secondary N) is 1. The molecule has 3 rings (SSSR count). The monoisotopic (exact) mass is 293 g/mol. The molecule has 88 valence electrons. The first-order valence-electron chi connectivity index (χ1n) is 5.60. The van der Waals surface area contributed by atoms with E-state index in [0.717, 1.165) is 40.8 Å². The van der Waals surface area contributed by atoms with Crippen molar-refractivity contribution in [3.8, 4) is 5.75 Å². The van der Waals surface area contributed by atoms with E-state index in [4.69, 9.17) is 4.74 Å². The van der Waals surface area contributed by atoms with Gasteiger partial charge in [0.2, 0.25) is 0 Å². The predicted molar refractivity (Wildman–Crippen MR) is 69.1 cm³/mol. The molecule has 1 fully saturated rings. The summed E-state index contributed by atoms with van der Waals surface area (Å²) in [4.78, 5) is 8.66. The quantitative estimate of drug-likeness (QED) is 0.922. The van der Waals surface area contributed by atoms with Crippen LogP contribution in [0.1, 0.15) is 6.42 Å². The number of halogens is 1. The highest BCUT2D eigenvalue weighted by molar-refractivity contribution is 9.10. The van der Waals surface area contributed by atoms with Crippen LogP contribution in [0.4, 0.5) is 0 Å². The van der Waals surface area contributed by atoms with Crippen molar-refractivity contribution in [3.63, 3.8) is 0 Å². The molecule has 0 bridgehead atoms. The third kappa shape index (κ3) is 2.25. The van der Waals surface area contributed by atoms with E-state index in [1.54, 1.807) is 12.4 Å². The molecule has 1 atom stereocenters. The molecule has 0 aliphatic carbocycles. The summed E-state index contributed by atoms with van der Waals surface area (Å²) < 4.78 is 6.88. The van der Waals surface area contributed by atoms with Gasteiger partial charge < -0.3 is 10.1 Å². The van der Waals surface area contributed by atoms with E-state index in [2.05, 4.69) is 31.2 Å². The van der Waals surface area contributed by atoms with E-state index in [-0.39, 0.29) is 6.10 Å². The van der Waals surface area contributed by atoms with E-state index in [0.29, 0.717) is 0 Å². The highest BCUT2D eigenvalue weighted by Crippen LogP contribution is 2.25. The Hall–Kier alpha value is -1.20. The van der Waals surface area contributed by atoms with Crippen LogP contribution in [-0.4, -0.2) is 29.2 Å². The van der Waals surface area contributed by atoms with E-state index < -0.39 is 0 Å². The normalized spacial score (nSPS) is 19.7. The first-order chi connectivity index (χ1) is 8.33. The van der Waals surface area contributed by atoms with Crippen molar-refractivity contribution in [2.75, 3.05) is 13.1 Å². The molecule has 1 aliphatic rings. The van der Waals surface area contributed by atoms with Crippen LogP contribution in [0.15, 0.2) is 29.0 Å². The lowest BCUT2D eigenvalue weighted by Crippen LogP contribution is -2.19. The van der Waals surface area contributed by atoms with Gasteiger partial charge in [-0.2, -0.15) is 0 Å². The van der Waals surface area contributed by atoms with Crippen LogP contribution in [0.5, 0.6) is 5.75 Å². The largest absolute Gasteiger partial charge is 0.487 e. The molecule has 1 N–H and O–H groups in total. The van der Waals surface area contributed by atoms with Gasteiger partial charge in [-0.05, 0) is 35.0 Å². The van der Waals surface area contributed by atoms with Crippen LogP contribution in [0.3, 0.4) is 0 Å². The number of pyridine rings is 2. The molecule has 1 unspecified atom stereocenters. The zero-order valence-electron chi connectivity index (χ0n) is 9.19. The Bertz CT molecular complexity index is 540. The molecule has 0 radical (unpaired) electrons. The lowest BCUT2D eigenvalue weighted by molar-refractivity contribution is 0.225. The molecule has 0 spiro atoms. The van der Waals surface area contributed by atoms with Gasteiger partial charge in [-0.25, -0.2) is 4.98 Å². The Morgan fingerprint density at radius 1 is 1.41 bits per heavy atom. The second-order valence-corrected chi connectivity index (χ2v) is 4.98. The SMILES string of the molecule is Brc1cnc2c(OC3CCNC3)ccnc2c1. The van der Waals surface area contributed by atoms with Gasteiger partial charge in [-0.1, -0.05) is 0 Å². The van der Waals surface area contributed by atoms with Crippen LogP contribution < -0.4 is 10.1 Å². The third-order valence-corrected chi connectivity index (χ3v) is 3.25. The number of fused-ring (bicyclic) bond motifs is 1. The number of hydrogen-bond acceptors (Lipinski definition) is 4. The summed E-state index contributed by atoms with van der Waals surface area (Å²) in [7, 11) is 0. The minimum atomic E-state index is 0.242. The summed E-state index contributed by atoms with van der Waals surface area (Å²) in [5.41, 5.74) is 1.67. The van der Waals surface area contributed by atoms with E-state index in [1.165, 1.54) is 0 Å². The van der Waals surface area contributed by atoms with Crippen LogP contribution in [0.2, 0.25) is 0 Å². The fourth-order valence-corrected chi connectivity index (χ4v) is 2.30. The molecule has 0 aromatic carbocycles. The fraction of sp³-hybridized carbons (Fsp3) is 0.333. The molecule has 0 amide bonds. The lowest BCUT2D eigenvalue weighted by Gasteiger charge is -2.13. The maximum absolute atomic E-state index is 5.95. The first kappa shape index (κ1) is 10.9. The van der Waals surface area contributed by atoms with Gasteiger partial charge in [-0.15, -0.1) is 0 Å².